The van der Waals surface area contributed by atoms with Crippen LogP contribution in [0.25, 0.3) is 0 Å². The van der Waals surface area contributed by atoms with Crippen LogP contribution in [0.15, 0.2) is 17.5 Å². The van der Waals surface area contributed by atoms with Crippen molar-refractivity contribution in [3.8, 4) is 6.07 Å². The molecule has 0 amide bonds. The van der Waals surface area contributed by atoms with Gasteiger partial charge in [0.25, 0.3) is 0 Å². The molecule has 1 N–H and O–H groups in total. The smallest absolute Gasteiger partial charge is 0.107 e. The fourth-order valence-electron chi connectivity index (χ4n) is 1.62. The zero-order chi connectivity index (χ0) is 10.0. The third-order valence-electron chi connectivity index (χ3n) is 2.84. The Morgan fingerprint density at radius 3 is 3.00 bits per heavy atom. The number of nitriles is 1. The Balaban J connectivity index is 1.93. The van der Waals surface area contributed by atoms with E-state index in [2.05, 4.69) is 22.8 Å². The van der Waals surface area contributed by atoms with Gasteiger partial charge in [0.2, 0.25) is 0 Å². The minimum Gasteiger partial charge on any atom is -0.294 e. The molecule has 0 aromatic carbocycles. The fourth-order valence-corrected chi connectivity index (χ4v) is 2.26. The number of thiophene rings is 1. The van der Waals surface area contributed by atoms with Gasteiger partial charge in [0.15, 0.2) is 0 Å². The van der Waals surface area contributed by atoms with Gasteiger partial charge in [-0.2, -0.15) is 5.26 Å². The molecule has 0 bridgehead atoms. The van der Waals surface area contributed by atoms with Crippen molar-refractivity contribution in [1.29, 1.82) is 5.26 Å². The van der Waals surface area contributed by atoms with Gasteiger partial charge < -0.3 is 0 Å². The molecule has 0 spiro atoms. The Bertz CT molecular complexity index is 335. The lowest BCUT2D eigenvalue weighted by atomic mass is 9.98. The third kappa shape index (κ3) is 1.97. The quantitative estimate of drug-likeness (QED) is 0.821. The first-order chi connectivity index (χ1) is 6.74. The Kier molecular flexibility index (Phi) is 2.58. The maximum atomic E-state index is 9.12. The second-order valence-electron chi connectivity index (χ2n) is 4.02. The monoisotopic (exact) mass is 206 g/mol. The maximum absolute atomic E-state index is 9.12. The number of nitrogens with zero attached hydrogens (tertiary/aromatic N) is 1. The highest BCUT2D eigenvalue weighted by molar-refractivity contribution is 7.09. The summed E-state index contributed by atoms with van der Waals surface area (Å²) in [5, 5.41) is 14.5. The molecule has 1 unspecified atom stereocenters. The van der Waals surface area contributed by atoms with Crippen LogP contribution in [0.4, 0.5) is 0 Å². The molecule has 2 nitrogen and oxygen atoms in total. The van der Waals surface area contributed by atoms with Crippen molar-refractivity contribution < 1.29 is 0 Å². The zero-order valence-corrected chi connectivity index (χ0v) is 9.10. The topological polar surface area (TPSA) is 35.8 Å². The minimum atomic E-state index is -0.315. The number of hydrogen-bond donors (Lipinski definition) is 1. The van der Waals surface area contributed by atoms with E-state index in [1.165, 1.54) is 17.7 Å². The molecule has 14 heavy (non-hydrogen) atoms. The molecule has 3 heteroatoms. The van der Waals surface area contributed by atoms with Gasteiger partial charge in [-0.25, -0.2) is 0 Å². The van der Waals surface area contributed by atoms with Gasteiger partial charge in [-0.3, -0.25) is 5.32 Å². The molecule has 1 aromatic rings. The van der Waals surface area contributed by atoms with Crippen LogP contribution >= 0.6 is 11.3 Å². The average molecular weight is 206 g/mol. The summed E-state index contributed by atoms with van der Waals surface area (Å²) >= 11 is 1.73. The van der Waals surface area contributed by atoms with Crippen LogP contribution in [-0.4, -0.2) is 5.54 Å². The molecular weight excluding hydrogens is 192 g/mol. The van der Waals surface area contributed by atoms with Gasteiger partial charge in [-0.05, 0) is 37.1 Å². The zero-order valence-electron chi connectivity index (χ0n) is 8.29. The Labute approximate surface area is 88.6 Å². The van der Waals surface area contributed by atoms with Crippen LogP contribution in [0.1, 0.15) is 24.6 Å². The molecule has 1 atom stereocenters. The van der Waals surface area contributed by atoms with Crippen molar-refractivity contribution in [2.75, 3.05) is 0 Å². The van der Waals surface area contributed by atoms with Crippen LogP contribution in [-0.2, 0) is 6.54 Å². The van der Waals surface area contributed by atoms with Crippen molar-refractivity contribution in [3.05, 3.63) is 22.4 Å². The van der Waals surface area contributed by atoms with E-state index in [0.717, 1.165) is 6.54 Å². The average Bonchev–Trinajstić information content (AvgIpc) is 2.94. The lowest BCUT2D eigenvalue weighted by molar-refractivity contribution is 0.397. The highest BCUT2D eigenvalue weighted by Gasteiger charge is 2.41. The molecule has 1 aliphatic rings. The second kappa shape index (κ2) is 3.72. The SMILES string of the molecule is CC(C#N)(NCc1cccs1)C1CC1. The van der Waals surface area contributed by atoms with Gasteiger partial charge in [-0.15, -0.1) is 11.3 Å². The van der Waals surface area contributed by atoms with Gasteiger partial charge in [0.1, 0.15) is 5.54 Å². The summed E-state index contributed by atoms with van der Waals surface area (Å²) in [7, 11) is 0. The molecule has 1 fully saturated rings. The lowest BCUT2D eigenvalue weighted by Crippen LogP contribution is -2.42. The van der Waals surface area contributed by atoms with Crippen molar-refractivity contribution >= 4 is 11.3 Å². The third-order valence-corrected chi connectivity index (χ3v) is 3.71. The molecule has 2 rings (SSSR count). The van der Waals surface area contributed by atoms with Crippen molar-refractivity contribution in [2.24, 2.45) is 5.92 Å². The van der Waals surface area contributed by atoms with Gasteiger partial charge in [-0.1, -0.05) is 6.07 Å². The van der Waals surface area contributed by atoms with E-state index in [0.29, 0.717) is 5.92 Å². The first kappa shape index (κ1) is 9.70. The van der Waals surface area contributed by atoms with Crippen LogP contribution in [0, 0.1) is 17.2 Å². The number of rotatable bonds is 4. The predicted octanol–water partition coefficient (Wildman–Crippen LogP) is 2.53. The van der Waals surface area contributed by atoms with E-state index in [1.807, 2.05) is 13.0 Å². The highest BCUT2D eigenvalue weighted by Crippen LogP contribution is 2.39. The fraction of sp³-hybridized carbons (Fsp3) is 0.545. The Morgan fingerprint density at radius 1 is 1.71 bits per heavy atom. The summed E-state index contributed by atoms with van der Waals surface area (Å²) in [6.45, 7) is 2.83. The predicted molar refractivity (Wildman–Crippen MR) is 57.9 cm³/mol. The van der Waals surface area contributed by atoms with Crippen molar-refractivity contribution in [2.45, 2.75) is 31.8 Å². The Hall–Kier alpha value is -0.850. The molecule has 1 aliphatic carbocycles. The summed E-state index contributed by atoms with van der Waals surface area (Å²) in [6.07, 6.45) is 2.39. The van der Waals surface area contributed by atoms with Gasteiger partial charge in [0.05, 0.1) is 6.07 Å². The summed E-state index contributed by atoms with van der Waals surface area (Å²) in [4.78, 5) is 1.30. The van der Waals surface area contributed by atoms with Crippen LogP contribution in [0.2, 0.25) is 0 Å². The van der Waals surface area contributed by atoms with E-state index in [1.54, 1.807) is 11.3 Å². The number of nitrogens with one attached hydrogen (secondary N) is 1. The standard InChI is InChI=1S/C11H14N2S/c1-11(8-12,9-4-5-9)13-7-10-3-2-6-14-10/h2-3,6,9,13H,4-5,7H2,1H3. The molecule has 1 saturated carbocycles. The number of hydrogen-bond acceptors (Lipinski definition) is 3. The van der Waals surface area contributed by atoms with Crippen molar-refractivity contribution in [1.82, 2.24) is 5.32 Å². The molecule has 1 heterocycles. The molecule has 74 valence electrons. The van der Waals surface area contributed by atoms with Crippen LogP contribution in [0.5, 0.6) is 0 Å². The normalized spacial score (nSPS) is 20.0. The molecule has 1 aromatic heterocycles. The first-order valence-corrected chi connectivity index (χ1v) is 5.81. The van der Waals surface area contributed by atoms with Gasteiger partial charge >= 0.3 is 0 Å². The first-order valence-electron chi connectivity index (χ1n) is 4.93. The highest BCUT2D eigenvalue weighted by atomic mass is 32.1. The molecule has 0 radical (unpaired) electrons. The van der Waals surface area contributed by atoms with Gasteiger partial charge in [0, 0.05) is 11.4 Å². The minimum absolute atomic E-state index is 0.315. The summed E-state index contributed by atoms with van der Waals surface area (Å²) in [5.74, 6) is 0.562. The summed E-state index contributed by atoms with van der Waals surface area (Å²) in [6, 6.07) is 6.54. The summed E-state index contributed by atoms with van der Waals surface area (Å²) < 4.78 is 0. The lowest BCUT2D eigenvalue weighted by Gasteiger charge is -2.22. The summed E-state index contributed by atoms with van der Waals surface area (Å²) in [5.41, 5.74) is -0.315. The van der Waals surface area contributed by atoms with E-state index >= 15 is 0 Å². The van der Waals surface area contributed by atoms with Crippen LogP contribution in [0.3, 0.4) is 0 Å². The van der Waals surface area contributed by atoms with E-state index in [4.69, 9.17) is 5.26 Å². The molecule has 0 aliphatic heterocycles. The molecular formula is C11H14N2S. The van der Waals surface area contributed by atoms with Crippen LogP contribution < -0.4 is 5.32 Å². The van der Waals surface area contributed by atoms with Crippen molar-refractivity contribution in [3.63, 3.8) is 0 Å². The second-order valence-corrected chi connectivity index (χ2v) is 5.05. The largest absolute Gasteiger partial charge is 0.294 e. The van der Waals surface area contributed by atoms with E-state index in [9.17, 15) is 0 Å². The van der Waals surface area contributed by atoms with E-state index in [-0.39, 0.29) is 5.54 Å². The van der Waals surface area contributed by atoms with E-state index < -0.39 is 0 Å². The molecule has 0 saturated heterocycles. The Morgan fingerprint density at radius 2 is 2.50 bits per heavy atom. The maximum Gasteiger partial charge on any atom is 0.107 e.